The standard InChI is InChI=1S/C37H36ClFN8O3/c1-22-29-17-27(18-40-36(29)45-44-22)41-37(48)24-6-8-33-32(15-24)42-34(47(33)19-28-11-14-49-28)20-46-12-9-23(10-13-46)31-3-2-4-35(43-31)50-21-25-5-7-26(38)16-30(25)39/h2-8,15-18,23,28H,9-14,19-21H2,1H3,(H,41,48)(H,40,44,45)/t28-/m0/s1. The molecule has 6 heterocycles. The van der Waals surface area contributed by atoms with Gasteiger partial charge in [-0.1, -0.05) is 23.7 Å². The van der Waals surface area contributed by atoms with Gasteiger partial charge in [0.05, 0.1) is 47.8 Å². The van der Waals surface area contributed by atoms with E-state index in [-0.39, 0.29) is 18.6 Å². The lowest BCUT2D eigenvalue weighted by molar-refractivity contribution is -0.0592. The van der Waals surface area contributed by atoms with Crippen LogP contribution >= 0.6 is 11.6 Å². The smallest absolute Gasteiger partial charge is 0.255 e. The number of aromatic amines is 1. The van der Waals surface area contributed by atoms with Crippen LogP contribution in [0.3, 0.4) is 0 Å². The molecule has 0 spiro atoms. The van der Waals surface area contributed by atoms with Gasteiger partial charge in [-0.05, 0) is 81.7 Å². The second kappa shape index (κ2) is 13.8. The molecule has 2 aliphatic heterocycles. The molecule has 256 valence electrons. The van der Waals surface area contributed by atoms with E-state index in [0.29, 0.717) is 45.8 Å². The Hall–Kier alpha value is -4.91. The van der Waals surface area contributed by atoms with Crippen molar-refractivity contribution in [2.45, 2.75) is 57.9 Å². The zero-order valence-electron chi connectivity index (χ0n) is 27.5. The number of rotatable bonds is 10. The molecule has 2 N–H and O–H groups in total. The topological polar surface area (TPSA) is 123 Å². The maximum absolute atomic E-state index is 14.2. The summed E-state index contributed by atoms with van der Waals surface area (Å²) in [6.07, 6.45) is 4.68. The average Bonchev–Trinajstić information content (AvgIpc) is 3.64. The van der Waals surface area contributed by atoms with Gasteiger partial charge in [-0.15, -0.1) is 0 Å². The van der Waals surface area contributed by atoms with Crippen molar-refractivity contribution in [1.29, 1.82) is 0 Å². The highest BCUT2D eigenvalue weighted by molar-refractivity contribution is 6.30. The summed E-state index contributed by atoms with van der Waals surface area (Å²) in [4.78, 5) is 29.9. The minimum atomic E-state index is -0.395. The highest BCUT2D eigenvalue weighted by Gasteiger charge is 2.26. The van der Waals surface area contributed by atoms with E-state index < -0.39 is 5.82 Å². The van der Waals surface area contributed by atoms with Crippen molar-refractivity contribution in [3.05, 3.63) is 106 Å². The molecule has 0 aliphatic carbocycles. The molecule has 0 unspecified atom stereocenters. The lowest BCUT2D eigenvalue weighted by Gasteiger charge is -2.32. The third-order valence-electron chi connectivity index (χ3n) is 9.64. The number of imidazole rings is 1. The number of nitrogens with one attached hydrogen (secondary N) is 2. The number of hydrogen-bond acceptors (Lipinski definition) is 8. The first-order valence-electron chi connectivity index (χ1n) is 16.8. The minimum absolute atomic E-state index is 0.0798. The predicted octanol–water partition coefficient (Wildman–Crippen LogP) is 6.80. The molecule has 2 fully saturated rings. The number of hydrogen-bond donors (Lipinski definition) is 2. The molecule has 2 aliphatic rings. The Bertz CT molecular complexity index is 2190. The number of carbonyl (C=O) groups is 1. The number of piperidine rings is 1. The monoisotopic (exact) mass is 694 g/mol. The second-order valence-electron chi connectivity index (χ2n) is 13.0. The molecule has 6 aromatic rings. The van der Waals surface area contributed by atoms with E-state index in [4.69, 9.17) is 31.0 Å². The summed E-state index contributed by atoms with van der Waals surface area (Å²) in [6.45, 7) is 5.94. The zero-order valence-corrected chi connectivity index (χ0v) is 28.3. The summed E-state index contributed by atoms with van der Waals surface area (Å²) in [5, 5.41) is 11.3. The zero-order chi connectivity index (χ0) is 34.2. The highest BCUT2D eigenvalue weighted by atomic mass is 35.5. The number of likely N-dealkylation sites (tertiary alicyclic amines) is 1. The number of amides is 1. The van der Waals surface area contributed by atoms with E-state index in [1.165, 1.54) is 6.07 Å². The van der Waals surface area contributed by atoms with Crippen LogP contribution in [0.1, 0.15) is 58.3 Å². The van der Waals surface area contributed by atoms with Gasteiger partial charge in [0.15, 0.2) is 5.65 Å². The average molecular weight is 695 g/mol. The lowest BCUT2D eigenvalue weighted by atomic mass is 9.93. The first-order chi connectivity index (χ1) is 24.4. The van der Waals surface area contributed by atoms with Crippen molar-refractivity contribution in [3.63, 3.8) is 0 Å². The molecule has 0 radical (unpaired) electrons. The normalized spacial score (nSPS) is 16.9. The molecular formula is C37H36ClFN8O3. The first-order valence-corrected chi connectivity index (χ1v) is 17.2. The van der Waals surface area contributed by atoms with Crippen LogP contribution in [0.5, 0.6) is 5.88 Å². The number of aryl methyl sites for hydroxylation is 1. The Kier molecular flexibility index (Phi) is 8.90. The molecule has 1 amide bonds. The Balaban J connectivity index is 0.939. The molecule has 8 rings (SSSR count). The molecule has 50 heavy (non-hydrogen) atoms. The first kappa shape index (κ1) is 32.3. The van der Waals surface area contributed by atoms with Crippen LogP contribution in [0, 0.1) is 12.7 Å². The van der Waals surface area contributed by atoms with Crippen molar-refractivity contribution in [2.75, 3.05) is 25.0 Å². The largest absolute Gasteiger partial charge is 0.473 e. The van der Waals surface area contributed by atoms with E-state index in [1.807, 2.05) is 43.3 Å². The Morgan fingerprint density at radius 3 is 2.76 bits per heavy atom. The fourth-order valence-corrected chi connectivity index (χ4v) is 6.85. The van der Waals surface area contributed by atoms with Crippen LogP contribution in [0.15, 0.2) is 66.9 Å². The summed E-state index contributed by atoms with van der Waals surface area (Å²) < 4.78 is 28.1. The van der Waals surface area contributed by atoms with Gasteiger partial charge in [0.2, 0.25) is 5.88 Å². The Morgan fingerprint density at radius 2 is 1.96 bits per heavy atom. The molecule has 2 aromatic carbocycles. The summed E-state index contributed by atoms with van der Waals surface area (Å²) in [6, 6.07) is 17.9. The molecule has 13 heteroatoms. The number of H-pyrrole nitrogens is 1. The van der Waals surface area contributed by atoms with Crippen molar-refractivity contribution in [2.24, 2.45) is 0 Å². The van der Waals surface area contributed by atoms with Gasteiger partial charge < -0.3 is 19.4 Å². The van der Waals surface area contributed by atoms with Crippen molar-refractivity contribution >= 4 is 45.3 Å². The number of ether oxygens (including phenoxy) is 2. The third kappa shape index (κ3) is 6.78. The quantitative estimate of drug-likeness (QED) is 0.161. The van der Waals surface area contributed by atoms with Gasteiger partial charge in [0.1, 0.15) is 18.2 Å². The molecular weight excluding hydrogens is 659 g/mol. The lowest BCUT2D eigenvalue weighted by Crippen LogP contribution is -2.35. The number of pyridine rings is 2. The molecule has 0 bridgehead atoms. The molecule has 1 atom stereocenters. The van der Waals surface area contributed by atoms with E-state index in [0.717, 1.165) is 79.1 Å². The number of benzene rings is 2. The Labute approximate surface area is 292 Å². The second-order valence-corrected chi connectivity index (χ2v) is 13.4. The molecule has 4 aromatic heterocycles. The number of fused-ring (bicyclic) bond motifs is 2. The van der Waals surface area contributed by atoms with Crippen molar-refractivity contribution in [1.82, 2.24) is 34.6 Å². The van der Waals surface area contributed by atoms with Crippen LogP contribution in [0.25, 0.3) is 22.1 Å². The SMILES string of the molecule is Cc1n[nH]c2ncc(NC(=O)c3ccc4c(c3)nc(CN3CCC(c5cccc(OCc6ccc(Cl)cc6F)n5)CC3)n4C[C@@H]3CCO3)cc12. The predicted molar refractivity (Wildman–Crippen MR) is 188 cm³/mol. The van der Waals surface area contributed by atoms with E-state index in [1.54, 1.807) is 24.4 Å². The van der Waals surface area contributed by atoms with Gasteiger partial charge in [-0.3, -0.25) is 14.8 Å². The van der Waals surface area contributed by atoms with Crippen molar-refractivity contribution in [3.8, 4) is 5.88 Å². The number of anilines is 1. The molecule has 2 saturated heterocycles. The Morgan fingerprint density at radius 1 is 1.10 bits per heavy atom. The summed E-state index contributed by atoms with van der Waals surface area (Å²) >= 11 is 5.88. The molecule has 11 nitrogen and oxygen atoms in total. The number of halogens is 2. The fourth-order valence-electron chi connectivity index (χ4n) is 6.69. The third-order valence-corrected chi connectivity index (χ3v) is 9.88. The highest BCUT2D eigenvalue weighted by Crippen LogP contribution is 2.30. The maximum Gasteiger partial charge on any atom is 0.255 e. The van der Waals surface area contributed by atoms with Gasteiger partial charge in [0, 0.05) is 45.8 Å². The van der Waals surface area contributed by atoms with Crippen molar-refractivity contribution < 1.29 is 18.7 Å². The summed E-state index contributed by atoms with van der Waals surface area (Å²) in [5.74, 6) is 1.10. The summed E-state index contributed by atoms with van der Waals surface area (Å²) in [5.41, 5.74) is 5.81. The minimum Gasteiger partial charge on any atom is -0.473 e. The van der Waals surface area contributed by atoms with Gasteiger partial charge in [-0.25, -0.2) is 19.3 Å². The fraction of sp³-hybridized carbons (Fsp3) is 0.324. The van der Waals surface area contributed by atoms with Gasteiger partial charge in [0.25, 0.3) is 5.91 Å². The maximum atomic E-state index is 14.2. The van der Waals surface area contributed by atoms with Gasteiger partial charge >= 0.3 is 0 Å². The number of carbonyl (C=O) groups excluding carboxylic acids is 1. The summed E-state index contributed by atoms with van der Waals surface area (Å²) in [7, 11) is 0. The van der Waals surface area contributed by atoms with Crippen LogP contribution in [0.4, 0.5) is 10.1 Å². The van der Waals surface area contributed by atoms with Crippen LogP contribution in [0.2, 0.25) is 5.02 Å². The number of aromatic nitrogens is 6. The van der Waals surface area contributed by atoms with E-state index in [9.17, 15) is 9.18 Å². The number of nitrogens with zero attached hydrogens (tertiary/aromatic N) is 6. The van der Waals surface area contributed by atoms with Crippen LogP contribution in [-0.2, 0) is 24.4 Å². The van der Waals surface area contributed by atoms with Crippen LogP contribution in [-0.4, -0.2) is 66.3 Å². The van der Waals surface area contributed by atoms with Crippen LogP contribution < -0.4 is 10.1 Å². The molecule has 0 saturated carbocycles. The van der Waals surface area contributed by atoms with E-state index in [2.05, 4.69) is 30.0 Å². The van der Waals surface area contributed by atoms with Gasteiger partial charge in [-0.2, -0.15) is 5.10 Å². The van der Waals surface area contributed by atoms with E-state index >= 15 is 0 Å².